The molecular weight excluding hydrogens is 495 g/mol. The Hall–Kier alpha value is -2.90. The summed E-state index contributed by atoms with van der Waals surface area (Å²) in [4.78, 5) is 32.9. The second kappa shape index (κ2) is 13.6. The van der Waals surface area contributed by atoms with Crippen molar-refractivity contribution in [1.29, 1.82) is 5.26 Å². The van der Waals surface area contributed by atoms with Crippen molar-refractivity contribution in [3.63, 3.8) is 0 Å². The van der Waals surface area contributed by atoms with E-state index in [-0.39, 0.29) is 30.2 Å². The maximum atomic E-state index is 12.8. The molecule has 1 amide bonds. The van der Waals surface area contributed by atoms with Crippen LogP contribution in [0, 0.1) is 11.3 Å². The van der Waals surface area contributed by atoms with Crippen molar-refractivity contribution < 1.29 is 18.8 Å². The molecule has 200 valence electrons. The van der Waals surface area contributed by atoms with Gasteiger partial charge in [0.2, 0.25) is 5.95 Å². The molecule has 1 N–H and O–H groups in total. The quantitative estimate of drug-likeness (QED) is 0.411. The van der Waals surface area contributed by atoms with E-state index in [1.807, 2.05) is 6.92 Å². The fraction of sp³-hybridized carbons (Fsp3) is 0.560. The smallest absolute Gasteiger partial charge is 0.410 e. The molecule has 1 aliphatic heterocycles. The molecule has 1 aliphatic rings. The Kier molecular flexibility index (Phi) is 10.5. The number of nitrogens with one attached hydrogen (secondary N) is 1. The van der Waals surface area contributed by atoms with Crippen LogP contribution in [0.5, 0.6) is 5.75 Å². The molecule has 37 heavy (non-hydrogen) atoms. The number of ether oxygens (including phenoxy) is 2. The lowest BCUT2D eigenvalue weighted by Crippen LogP contribution is -2.35. The van der Waals surface area contributed by atoms with Crippen molar-refractivity contribution in [1.82, 2.24) is 19.2 Å². The summed E-state index contributed by atoms with van der Waals surface area (Å²) in [6.45, 7) is 10.5. The van der Waals surface area contributed by atoms with Crippen LogP contribution >= 0.6 is 8.30 Å². The third kappa shape index (κ3) is 7.79. The predicted molar refractivity (Wildman–Crippen MR) is 140 cm³/mol. The van der Waals surface area contributed by atoms with Gasteiger partial charge in [-0.2, -0.15) is 10.2 Å². The summed E-state index contributed by atoms with van der Waals surface area (Å²) in [5.41, 5.74) is -0.608. The largest absolute Gasteiger partial charge is 0.419 e. The summed E-state index contributed by atoms with van der Waals surface area (Å²) in [7, 11) is -1.03. The van der Waals surface area contributed by atoms with Gasteiger partial charge in [0.05, 0.1) is 18.3 Å². The molecule has 0 spiro atoms. The lowest BCUT2D eigenvalue weighted by molar-refractivity contribution is -0.0182. The highest BCUT2D eigenvalue weighted by molar-refractivity contribution is 7.50. The monoisotopic (exact) mass is 530 g/mol. The van der Waals surface area contributed by atoms with Gasteiger partial charge in [-0.15, -0.1) is 0 Å². The van der Waals surface area contributed by atoms with Gasteiger partial charge in [0.25, 0.3) is 0 Å². The zero-order valence-corrected chi connectivity index (χ0v) is 22.8. The summed E-state index contributed by atoms with van der Waals surface area (Å²) in [6, 6.07) is 11.3. The minimum atomic E-state index is -1.03. The third-order valence-electron chi connectivity index (χ3n) is 5.78. The normalized spacial score (nSPS) is 20.2. The van der Waals surface area contributed by atoms with Gasteiger partial charge in [-0.25, -0.2) is 14.6 Å². The summed E-state index contributed by atoms with van der Waals surface area (Å²) >= 11 is 0. The molecule has 1 aromatic carbocycles. The minimum absolute atomic E-state index is 0.162. The van der Waals surface area contributed by atoms with Gasteiger partial charge in [0.1, 0.15) is 26.6 Å². The van der Waals surface area contributed by atoms with Gasteiger partial charge >= 0.3 is 11.8 Å². The Balaban J connectivity index is 1.70. The number of benzene rings is 1. The maximum Gasteiger partial charge on any atom is 0.419 e. The van der Waals surface area contributed by atoms with E-state index in [9.17, 15) is 14.9 Å². The van der Waals surface area contributed by atoms with E-state index in [4.69, 9.17) is 14.0 Å². The van der Waals surface area contributed by atoms with Crippen LogP contribution in [0.15, 0.2) is 41.5 Å². The molecule has 0 saturated carbocycles. The summed E-state index contributed by atoms with van der Waals surface area (Å²) in [5.74, 6) is 0.192. The van der Waals surface area contributed by atoms with E-state index < -0.39 is 26.3 Å². The standard InChI is InChI=1S/C25H35N6O5P/c1-6-20-21(36-37(14-10-13-26)31(17(2)3)18(4)5)15-22(35-20)30-16-27-23(28-24(30)32)29-25(33)34-19-11-8-7-9-12-19/h7-9,11-12,16-18,20-22H,6,10,14-15H2,1-5H3,(H,28,29,32,33)/t20-,21-,22-,37?/m1/s1. The van der Waals surface area contributed by atoms with Crippen LogP contribution in [0.1, 0.15) is 60.1 Å². The van der Waals surface area contributed by atoms with Crippen molar-refractivity contribution in [3.05, 3.63) is 47.1 Å². The lowest BCUT2D eigenvalue weighted by atomic mass is 10.1. The number of carbonyl (C=O) groups excluding carboxylic acids is 1. The van der Waals surface area contributed by atoms with Crippen LogP contribution in [0.25, 0.3) is 0 Å². The SMILES string of the molecule is CC[C@H]1O[C@@H](n2cnc(NC(=O)Oc3ccccc3)nc2=O)C[C@H]1OP(CCC#N)N(C(C)C)C(C)C. The first-order valence-electron chi connectivity index (χ1n) is 12.5. The van der Waals surface area contributed by atoms with Crippen LogP contribution < -0.4 is 15.7 Å². The number of rotatable bonds is 11. The van der Waals surface area contributed by atoms with Crippen LogP contribution in [-0.4, -0.2) is 55.8 Å². The molecule has 11 nitrogen and oxygen atoms in total. The molecule has 0 bridgehead atoms. The molecule has 0 aliphatic carbocycles. The number of para-hydroxylation sites is 1. The van der Waals surface area contributed by atoms with Crippen molar-refractivity contribution in [3.8, 4) is 11.8 Å². The second-order valence-corrected chi connectivity index (χ2v) is 11.0. The lowest BCUT2D eigenvalue weighted by Gasteiger charge is -2.38. The molecular formula is C25H35N6O5P. The first kappa shape index (κ1) is 28.7. The van der Waals surface area contributed by atoms with Gasteiger partial charge in [0.15, 0.2) is 0 Å². The van der Waals surface area contributed by atoms with Crippen molar-refractivity contribution in [2.24, 2.45) is 0 Å². The van der Waals surface area contributed by atoms with Crippen LogP contribution in [0.4, 0.5) is 10.7 Å². The van der Waals surface area contributed by atoms with Crippen LogP contribution in [-0.2, 0) is 9.26 Å². The molecule has 0 radical (unpaired) electrons. The van der Waals surface area contributed by atoms with Gasteiger partial charge in [-0.1, -0.05) is 25.1 Å². The zero-order valence-electron chi connectivity index (χ0n) is 21.9. The van der Waals surface area contributed by atoms with E-state index in [0.717, 1.165) is 0 Å². The Morgan fingerprint density at radius 3 is 2.59 bits per heavy atom. The summed E-state index contributed by atoms with van der Waals surface area (Å²) in [5, 5.41) is 11.5. The first-order valence-corrected chi connectivity index (χ1v) is 13.9. The van der Waals surface area contributed by atoms with E-state index >= 15 is 0 Å². The molecule has 1 saturated heterocycles. The number of hydrogen-bond acceptors (Lipinski definition) is 9. The fourth-order valence-electron chi connectivity index (χ4n) is 4.29. The van der Waals surface area contributed by atoms with E-state index in [1.165, 1.54) is 10.9 Å². The van der Waals surface area contributed by atoms with E-state index in [0.29, 0.717) is 31.2 Å². The third-order valence-corrected chi connectivity index (χ3v) is 8.33. The van der Waals surface area contributed by atoms with Crippen molar-refractivity contribution in [2.45, 2.75) is 84.4 Å². The first-order chi connectivity index (χ1) is 17.7. The van der Waals surface area contributed by atoms with Crippen LogP contribution in [0.3, 0.4) is 0 Å². The molecule has 3 rings (SSSR count). The van der Waals surface area contributed by atoms with E-state index in [2.05, 4.69) is 53.7 Å². The Morgan fingerprint density at radius 2 is 2.00 bits per heavy atom. The van der Waals surface area contributed by atoms with Crippen LogP contribution in [0.2, 0.25) is 0 Å². The minimum Gasteiger partial charge on any atom is -0.410 e. The second-order valence-electron chi connectivity index (χ2n) is 9.17. The Labute approximate surface area is 218 Å². The zero-order chi connectivity index (χ0) is 26.9. The number of nitrogens with zero attached hydrogens (tertiary/aromatic N) is 5. The maximum absolute atomic E-state index is 12.8. The number of hydrogen-bond donors (Lipinski definition) is 1. The summed E-state index contributed by atoms with van der Waals surface area (Å²) < 4.78 is 21.5. The average molecular weight is 531 g/mol. The number of amides is 1. The van der Waals surface area contributed by atoms with Crippen molar-refractivity contribution >= 4 is 20.3 Å². The molecule has 4 atom stereocenters. The highest BCUT2D eigenvalue weighted by atomic mass is 31.2. The molecule has 1 fully saturated rings. The molecule has 12 heteroatoms. The molecule has 2 aromatic rings. The average Bonchev–Trinajstić information content (AvgIpc) is 3.25. The summed E-state index contributed by atoms with van der Waals surface area (Å²) in [6.07, 6.45) is 1.63. The topological polar surface area (TPSA) is 132 Å². The Bertz CT molecular complexity index is 1110. The Morgan fingerprint density at radius 1 is 1.30 bits per heavy atom. The predicted octanol–water partition coefficient (Wildman–Crippen LogP) is 4.68. The number of nitriles is 1. The molecule has 1 aromatic heterocycles. The fourth-order valence-corrected chi connectivity index (χ4v) is 6.60. The molecule has 2 heterocycles. The van der Waals surface area contributed by atoms with Gasteiger partial charge < -0.3 is 14.0 Å². The van der Waals surface area contributed by atoms with Gasteiger partial charge in [-0.3, -0.25) is 14.6 Å². The highest BCUT2D eigenvalue weighted by Gasteiger charge is 2.39. The van der Waals surface area contributed by atoms with Gasteiger partial charge in [0, 0.05) is 31.1 Å². The molecule has 1 unspecified atom stereocenters. The van der Waals surface area contributed by atoms with Crippen molar-refractivity contribution in [2.75, 3.05) is 11.5 Å². The van der Waals surface area contributed by atoms with E-state index in [1.54, 1.807) is 30.3 Å². The van der Waals surface area contributed by atoms with Gasteiger partial charge in [-0.05, 0) is 46.2 Å². The number of anilines is 1. The number of aromatic nitrogens is 3. The highest BCUT2D eigenvalue weighted by Crippen LogP contribution is 2.49. The number of carbonyl (C=O) groups is 1.